The van der Waals surface area contributed by atoms with Crippen LogP contribution in [0.1, 0.15) is 17.9 Å². The van der Waals surface area contributed by atoms with Crippen molar-refractivity contribution in [2.45, 2.75) is 12.3 Å². The molecule has 4 aromatic rings. The van der Waals surface area contributed by atoms with Gasteiger partial charge in [0.15, 0.2) is 5.58 Å². The first-order chi connectivity index (χ1) is 13.3. The lowest BCUT2D eigenvalue weighted by molar-refractivity contribution is -0.117. The third kappa shape index (κ3) is 3.08. The van der Waals surface area contributed by atoms with Gasteiger partial charge in [-0.1, -0.05) is 30.3 Å². The van der Waals surface area contributed by atoms with E-state index in [1.807, 2.05) is 48.5 Å². The monoisotopic (exact) mass is 355 g/mol. The van der Waals surface area contributed by atoms with Gasteiger partial charge in [0.2, 0.25) is 11.8 Å². The van der Waals surface area contributed by atoms with E-state index in [1.54, 1.807) is 12.4 Å². The lowest BCUT2D eigenvalue weighted by Crippen LogP contribution is -2.14. The fraction of sp³-hybridized carbons (Fsp3) is 0.136. The molecule has 5 rings (SSSR count). The Bertz CT molecular complexity index is 1110. The fourth-order valence-electron chi connectivity index (χ4n) is 3.41. The average Bonchev–Trinajstić information content (AvgIpc) is 3.41. The first-order valence-corrected chi connectivity index (χ1v) is 8.95. The van der Waals surface area contributed by atoms with Crippen LogP contribution in [0.25, 0.3) is 22.6 Å². The van der Waals surface area contributed by atoms with Crippen LogP contribution in [0.2, 0.25) is 0 Å². The van der Waals surface area contributed by atoms with Gasteiger partial charge in [-0.15, -0.1) is 0 Å². The van der Waals surface area contributed by atoms with E-state index in [-0.39, 0.29) is 11.8 Å². The third-order valence-electron chi connectivity index (χ3n) is 4.92. The molecule has 0 unspecified atom stereocenters. The van der Waals surface area contributed by atoms with E-state index in [4.69, 9.17) is 4.42 Å². The van der Waals surface area contributed by atoms with E-state index in [0.29, 0.717) is 22.9 Å². The molecule has 27 heavy (non-hydrogen) atoms. The quantitative estimate of drug-likeness (QED) is 0.579. The first-order valence-electron chi connectivity index (χ1n) is 8.95. The van der Waals surface area contributed by atoms with Crippen LogP contribution in [0, 0.1) is 5.92 Å². The van der Waals surface area contributed by atoms with Crippen LogP contribution < -0.4 is 5.32 Å². The molecule has 0 bridgehead atoms. The van der Waals surface area contributed by atoms with Gasteiger partial charge < -0.3 is 9.73 Å². The summed E-state index contributed by atoms with van der Waals surface area (Å²) in [6.45, 7) is 0. The maximum Gasteiger partial charge on any atom is 0.228 e. The molecule has 5 nitrogen and oxygen atoms in total. The van der Waals surface area contributed by atoms with E-state index < -0.39 is 0 Å². The minimum absolute atomic E-state index is 0.0337. The number of nitrogens with one attached hydrogen (secondary N) is 1. The molecule has 132 valence electrons. The molecule has 0 aliphatic heterocycles. The number of benzene rings is 2. The molecular formula is C22H17N3O2. The molecule has 2 atom stereocenters. The van der Waals surface area contributed by atoms with Crippen molar-refractivity contribution < 1.29 is 9.21 Å². The number of fused-ring (bicyclic) bond motifs is 1. The van der Waals surface area contributed by atoms with E-state index in [9.17, 15) is 4.79 Å². The van der Waals surface area contributed by atoms with Crippen LogP contribution in [-0.4, -0.2) is 15.9 Å². The Morgan fingerprint density at radius 2 is 1.96 bits per heavy atom. The molecule has 1 amide bonds. The molecule has 1 fully saturated rings. The lowest BCUT2D eigenvalue weighted by atomic mass is 10.1. The summed E-state index contributed by atoms with van der Waals surface area (Å²) in [5.41, 5.74) is 4.17. The van der Waals surface area contributed by atoms with Crippen molar-refractivity contribution in [1.29, 1.82) is 0 Å². The summed E-state index contributed by atoms with van der Waals surface area (Å²) in [5, 5.41) is 3.01. The Labute approximate surface area is 156 Å². The SMILES string of the molecule is O=C(Nc1ccc2oc(-c3cccnc3)nc2c1)[C@H]1C[C@H]1c1ccccc1. The van der Waals surface area contributed by atoms with Crippen molar-refractivity contribution in [3.63, 3.8) is 0 Å². The van der Waals surface area contributed by atoms with Crippen molar-refractivity contribution in [2.75, 3.05) is 5.32 Å². The minimum atomic E-state index is 0.0337. The van der Waals surface area contributed by atoms with Gasteiger partial charge in [0.05, 0.1) is 5.56 Å². The number of carbonyl (C=O) groups is 1. The number of rotatable bonds is 4. The summed E-state index contributed by atoms with van der Waals surface area (Å²) in [6, 6.07) is 19.5. The number of carbonyl (C=O) groups excluding carboxylic acids is 1. The number of pyridine rings is 1. The topological polar surface area (TPSA) is 68.0 Å². The predicted octanol–water partition coefficient (Wildman–Crippen LogP) is 4.63. The van der Waals surface area contributed by atoms with Gasteiger partial charge in [0.1, 0.15) is 5.52 Å². The first kappa shape index (κ1) is 15.8. The average molecular weight is 355 g/mol. The number of anilines is 1. The van der Waals surface area contributed by atoms with Crippen LogP contribution in [0.4, 0.5) is 5.69 Å². The molecule has 0 spiro atoms. The van der Waals surface area contributed by atoms with Crippen molar-refractivity contribution in [3.05, 3.63) is 78.6 Å². The molecule has 2 aromatic heterocycles. The molecule has 0 radical (unpaired) electrons. The third-order valence-corrected chi connectivity index (χ3v) is 4.92. The number of nitrogens with zero attached hydrogens (tertiary/aromatic N) is 2. The molecule has 1 saturated carbocycles. The van der Waals surface area contributed by atoms with Gasteiger partial charge in [-0.2, -0.15) is 0 Å². The van der Waals surface area contributed by atoms with Crippen LogP contribution in [0.3, 0.4) is 0 Å². The minimum Gasteiger partial charge on any atom is -0.436 e. The number of oxazole rings is 1. The highest BCUT2D eigenvalue weighted by molar-refractivity contribution is 5.96. The lowest BCUT2D eigenvalue weighted by Gasteiger charge is -2.04. The zero-order chi connectivity index (χ0) is 18.2. The Hall–Kier alpha value is -3.47. The molecule has 2 heterocycles. The smallest absolute Gasteiger partial charge is 0.228 e. The van der Waals surface area contributed by atoms with E-state index >= 15 is 0 Å². The van der Waals surface area contributed by atoms with Crippen LogP contribution in [0.15, 0.2) is 77.5 Å². The van der Waals surface area contributed by atoms with Crippen molar-refractivity contribution in [2.24, 2.45) is 5.92 Å². The maximum atomic E-state index is 12.6. The summed E-state index contributed by atoms with van der Waals surface area (Å²) in [4.78, 5) is 21.2. The summed E-state index contributed by atoms with van der Waals surface area (Å²) in [6.07, 6.45) is 4.32. The van der Waals surface area contributed by atoms with Gasteiger partial charge >= 0.3 is 0 Å². The summed E-state index contributed by atoms with van der Waals surface area (Å²) >= 11 is 0. The normalized spacial score (nSPS) is 18.4. The fourth-order valence-corrected chi connectivity index (χ4v) is 3.41. The Morgan fingerprint density at radius 3 is 2.78 bits per heavy atom. The zero-order valence-electron chi connectivity index (χ0n) is 14.5. The van der Waals surface area contributed by atoms with Gasteiger partial charge in [0.25, 0.3) is 0 Å². The van der Waals surface area contributed by atoms with Crippen LogP contribution >= 0.6 is 0 Å². The second kappa shape index (κ2) is 6.36. The molecule has 1 aliphatic rings. The highest BCUT2D eigenvalue weighted by Gasteiger charge is 2.43. The molecule has 2 aromatic carbocycles. The molecule has 0 saturated heterocycles. The standard InChI is InChI=1S/C22H17N3O2/c26-21(18-12-17(18)14-5-2-1-3-6-14)24-16-8-9-20-19(11-16)25-22(27-20)15-7-4-10-23-13-15/h1-11,13,17-18H,12H2,(H,24,26)/t17-,18-/m0/s1. The van der Waals surface area contributed by atoms with Crippen LogP contribution in [-0.2, 0) is 4.79 Å². The zero-order valence-corrected chi connectivity index (χ0v) is 14.5. The van der Waals surface area contributed by atoms with Gasteiger partial charge in [-0.05, 0) is 48.2 Å². The van der Waals surface area contributed by atoms with Gasteiger partial charge in [0, 0.05) is 24.0 Å². The van der Waals surface area contributed by atoms with E-state index in [1.165, 1.54) is 5.56 Å². The Morgan fingerprint density at radius 1 is 1.07 bits per heavy atom. The van der Waals surface area contributed by atoms with Crippen molar-refractivity contribution >= 4 is 22.7 Å². The molecule has 5 heteroatoms. The number of hydrogen-bond acceptors (Lipinski definition) is 4. The largest absolute Gasteiger partial charge is 0.436 e. The number of hydrogen-bond donors (Lipinski definition) is 1. The summed E-state index contributed by atoms with van der Waals surface area (Å²) in [5.74, 6) is 0.928. The Kier molecular flexibility index (Phi) is 3.71. The van der Waals surface area contributed by atoms with Gasteiger partial charge in [-0.25, -0.2) is 4.98 Å². The second-order valence-electron chi connectivity index (χ2n) is 6.79. The molecular weight excluding hydrogens is 338 g/mol. The van der Waals surface area contributed by atoms with E-state index in [0.717, 1.165) is 17.7 Å². The van der Waals surface area contributed by atoms with Crippen molar-refractivity contribution in [3.8, 4) is 11.5 Å². The van der Waals surface area contributed by atoms with Crippen LogP contribution in [0.5, 0.6) is 0 Å². The summed E-state index contributed by atoms with van der Waals surface area (Å²) < 4.78 is 5.78. The number of aromatic nitrogens is 2. The highest BCUT2D eigenvalue weighted by Crippen LogP contribution is 2.47. The number of amides is 1. The maximum absolute atomic E-state index is 12.6. The highest BCUT2D eigenvalue weighted by atomic mass is 16.3. The molecule has 1 aliphatic carbocycles. The Balaban J connectivity index is 1.33. The molecule has 1 N–H and O–H groups in total. The summed E-state index contributed by atoms with van der Waals surface area (Å²) in [7, 11) is 0. The van der Waals surface area contributed by atoms with Crippen molar-refractivity contribution in [1.82, 2.24) is 9.97 Å². The second-order valence-corrected chi connectivity index (χ2v) is 6.79. The van der Waals surface area contributed by atoms with E-state index in [2.05, 4.69) is 27.4 Å². The predicted molar refractivity (Wildman–Crippen MR) is 103 cm³/mol. The van der Waals surface area contributed by atoms with Gasteiger partial charge in [-0.3, -0.25) is 9.78 Å².